The molecular weight excluding hydrogens is 152 g/mol. The van der Waals surface area contributed by atoms with Crippen molar-refractivity contribution in [1.29, 1.82) is 0 Å². The number of aromatic nitrogens is 1. The van der Waals surface area contributed by atoms with E-state index in [9.17, 15) is 4.79 Å². The Balaban J connectivity index is 2.37. The van der Waals surface area contributed by atoms with Gasteiger partial charge in [-0.25, -0.2) is 4.79 Å². The molecule has 12 heavy (non-hydrogen) atoms. The Kier molecular flexibility index (Phi) is 1.80. The van der Waals surface area contributed by atoms with Crippen LogP contribution in [0.2, 0.25) is 0 Å². The van der Waals surface area contributed by atoms with Gasteiger partial charge in [0.05, 0.1) is 5.69 Å². The van der Waals surface area contributed by atoms with Gasteiger partial charge in [-0.2, -0.15) is 4.99 Å². The lowest BCUT2D eigenvalue weighted by atomic mass is 10.1. The van der Waals surface area contributed by atoms with Crippen molar-refractivity contribution in [3.8, 4) is 0 Å². The number of rotatable bonds is 1. The van der Waals surface area contributed by atoms with Crippen LogP contribution in [0.25, 0.3) is 0 Å². The molecule has 0 aliphatic carbocycles. The first-order valence-corrected chi connectivity index (χ1v) is 4.17. The maximum absolute atomic E-state index is 9.99. The maximum atomic E-state index is 9.99. The summed E-state index contributed by atoms with van der Waals surface area (Å²) in [6, 6.07) is 1.96. The van der Waals surface area contributed by atoms with E-state index in [0.29, 0.717) is 0 Å². The molecule has 0 aromatic carbocycles. The molecule has 3 nitrogen and oxygen atoms in total. The molecule has 2 heterocycles. The zero-order chi connectivity index (χ0) is 8.39. The number of nitrogens with zero attached hydrogens (tertiary/aromatic N) is 2. The van der Waals surface area contributed by atoms with Gasteiger partial charge in [-0.15, -0.1) is 0 Å². The van der Waals surface area contributed by atoms with Crippen molar-refractivity contribution in [1.82, 2.24) is 4.57 Å². The normalized spacial score (nSPS) is 15.0. The summed E-state index contributed by atoms with van der Waals surface area (Å²) in [6.07, 6.45) is 7.05. The highest BCUT2D eigenvalue weighted by Gasteiger charge is 2.09. The number of hydrogen-bond donors (Lipinski definition) is 0. The van der Waals surface area contributed by atoms with Crippen LogP contribution in [0.15, 0.2) is 17.3 Å². The Labute approximate surface area is 70.7 Å². The van der Waals surface area contributed by atoms with Crippen LogP contribution >= 0.6 is 0 Å². The van der Waals surface area contributed by atoms with Crippen LogP contribution in [0, 0.1) is 0 Å². The molecule has 0 saturated heterocycles. The highest BCUT2D eigenvalue weighted by Crippen LogP contribution is 2.22. The molecule has 1 aliphatic heterocycles. The molecule has 0 bridgehead atoms. The average molecular weight is 162 g/mol. The number of carbonyl (C=O) groups excluding carboxylic acids is 1. The average Bonchev–Trinajstić information content (AvgIpc) is 2.47. The fraction of sp³-hybridized carbons (Fsp3) is 0.444. The van der Waals surface area contributed by atoms with Crippen molar-refractivity contribution >= 4 is 11.8 Å². The van der Waals surface area contributed by atoms with E-state index in [2.05, 4.69) is 9.56 Å². The van der Waals surface area contributed by atoms with E-state index in [1.165, 1.54) is 18.5 Å². The summed E-state index contributed by atoms with van der Waals surface area (Å²) in [5.41, 5.74) is 2.03. The number of fused-ring (bicyclic) bond motifs is 1. The molecule has 0 amide bonds. The summed E-state index contributed by atoms with van der Waals surface area (Å²) in [4.78, 5) is 13.6. The van der Waals surface area contributed by atoms with E-state index in [4.69, 9.17) is 0 Å². The van der Waals surface area contributed by atoms with Crippen LogP contribution in [0.5, 0.6) is 0 Å². The van der Waals surface area contributed by atoms with Crippen molar-refractivity contribution in [2.24, 2.45) is 4.99 Å². The van der Waals surface area contributed by atoms with E-state index >= 15 is 0 Å². The second kappa shape index (κ2) is 2.95. The molecule has 0 unspecified atom stereocenters. The van der Waals surface area contributed by atoms with Gasteiger partial charge in [0.2, 0.25) is 6.08 Å². The number of isocyanates is 1. The molecule has 62 valence electrons. The molecule has 2 rings (SSSR count). The van der Waals surface area contributed by atoms with Crippen LogP contribution in [-0.2, 0) is 17.8 Å². The second-order valence-electron chi connectivity index (χ2n) is 3.04. The molecule has 3 heteroatoms. The Bertz CT molecular complexity index is 311. The van der Waals surface area contributed by atoms with Gasteiger partial charge in [-0.05, 0) is 25.3 Å². The lowest BCUT2D eigenvalue weighted by Crippen LogP contribution is -2.07. The second-order valence-corrected chi connectivity index (χ2v) is 3.04. The van der Waals surface area contributed by atoms with Crippen LogP contribution < -0.4 is 0 Å². The van der Waals surface area contributed by atoms with E-state index in [1.54, 1.807) is 6.08 Å². The van der Waals surface area contributed by atoms with Crippen molar-refractivity contribution in [3.05, 3.63) is 18.0 Å². The van der Waals surface area contributed by atoms with Gasteiger partial charge in [0.25, 0.3) is 0 Å². The summed E-state index contributed by atoms with van der Waals surface area (Å²) in [7, 11) is 0. The fourth-order valence-electron chi connectivity index (χ4n) is 1.66. The third kappa shape index (κ3) is 1.19. The van der Waals surface area contributed by atoms with Gasteiger partial charge < -0.3 is 4.57 Å². The monoisotopic (exact) mass is 162 g/mol. The summed E-state index contributed by atoms with van der Waals surface area (Å²) < 4.78 is 2.17. The van der Waals surface area contributed by atoms with E-state index in [-0.39, 0.29) is 0 Å². The zero-order valence-corrected chi connectivity index (χ0v) is 6.79. The Morgan fingerprint density at radius 1 is 1.50 bits per heavy atom. The van der Waals surface area contributed by atoms with Gasteiger partial charge in [-0.3, -0.25) is 0 Å². The van der Waals surface area contributed by atoms with Gasteiger partial charge in [0.15, 0.2) is 0 Å². The largest absolute Gasteiger partial charge is 0.349 e. The molecular formula is C9H10N2O. The van der Waals surface area contributed by atoms with Crippen LogP contribution in [-0.4, -0.2) is 10.6 Å². The Morgan fingerprint density at radius 2 is 2.42 bits per heavy atom. The molecule has 1 aromatic rings. The fourth-order valence-corrected chi connectivity index (χ4v) is 1.66. The van der Waals surface area contributed by atoms with Gasteiger partial charge in [0, 0.05) is 18.4 Å². The molecule has 1 aliphatic rings. The van der Waals surface area contributed by atoms with Crippen LogP contribution in [0.3, 0.4) is 0 Å². The number of aliphatic imine (C=N–C) groups is 1. The SMILES string of the molecule is O=C=Nc1cc2n(c1)CCCC2. The molecule has 0 radical (unpaired) electrons. The third-order valence-corrected chi connectivity index (χ3v) is 2.23. The van der Waals surface area contributed by atoms with E-state index in [1.807, 2.05) is 12.3 Å². The van der Waals surface area contributed by atoms with Gasteiger partial charge >= 0.3 is 0 Å². The maximum Gasteiger partial charge on any atom is 0.240 e. The number of hydrogen-bond acceptors (Lipinski definition) is 2. The third-order valence-electron chi connectivity index (χ3n) is 2.23. The lowest BCUT2D eigenvalue weighted by Gasteiger charge is -2.13. The molecule has 0 spiro atoms. The summed E-state index contributed by atoms with van der Waals surface area (Å²) in [6.45, 7) is 1.06. The van der Waals surface area contributed by atoms with Crippen molar-refractivity contribution < 1.29 is 4.79 Å². The molecule has 0 N–H and O–H groups in total. The minimum atomic E-state index is 0.738. The standard InChI is InChI=1S/C9H10N2O/c12-7-10-8-5-9-3-1-2-4-11(9)6-8/h5-6H,1-4H2. The van der Waals surface area contributed by atoms with Crippen LogP contribution in [0.4, 0.5) is 5.69 Å². The first-order valence-electron chi connectivity index (χ1n) is 4.17. The lowest BCUT2D eigenvalue weighted by molar-refractivity contribution is 0.533. The quantitative estimate of drug-likeness (QED) is 0.458. The summed E-state index contributed by atoms with van der Waals surface area (Å²) >= 11 is 0. The highest BCUT2D eigenvalue weighted by molar-refractivity contribution is 5.49. The first-order chi connectivity index (χ1) is 5.90. The smallest absolute Gasteiger partial charge is 0.240 e. The number of aryl methyl sites for hydroxylation is 2. The first kappa shape index (κ1) is 7.32. The summed E-state index contributed by atoms with van der Waals surface area (Å²) in [5.74, 6) is 0. The van der Waals surface area contributed by atoms with E-state index < -0.39 is 0 Å². The predicted molar refractivity (Wildman–Crippen MR) is 45.2 cm³/mol. The summed E-state index contributed by atoms with van der Waals surface area (Å²) in [5, 5.41) is 0. The highest BCUT2D eigenvalue weighted by atomic mass is 16.1. The Hall–Kier alpha value is -1.34. The molecule has 0 saturated carbocycles. The molecule has 0 fully saturated rings. The van der Waals surface area contributed by atoms with Crippen molar-refractivity contribution in [3.63, 3.8) is 0 Å². The van der Waals surface area contributed by atoms with E-state index in [0.717, 1.165) is 18.7 Å². The van der Waals surface area contributed by atoms with Crippen LogP contribution in [0.1, 0.15) is 18.5 Å². The predicted octanol–water partition coefficient (Wildman–Crippen LogP) is 1.79. The van der Waals surface area contributed by atoms with Gasteiger partial charge in [-0.1, -0.05) is 0 Å². The topological polar surface area (TPSA) is 34.4 Å². The molecule has 0 atom stereocenters. The zero-order valence-electron chi connectivity index (χ0n) is 6.79. The Morgan fingerprint density at radius 3 is 3.17 bits per heavy atom. The van der Waals surface area contributed by atoms with Crippen molar-refractivity contribution in [2.75, 3.05) is 0 Å². The molecule has 1 aromatic heterocycles. The minimum Gasteiger partial charge on any atom is -0.349 e. The minimum absolute atomic E-state index is 0.738. The van der Waals surface area contributed by atoms with Gasteiger partial charge in [0.1, 0.15) is 0 Å². The van der Waals surface area contributed by atoms with Crippen molar-refractivity contribution in [2.45, 2.75) is 25.8 Å².